The van der Waals surface area contributed by atoms with Crippen LogP contribution in [0.3, 0.4) is 0 Å². The van der Waals surface area contributed by atoms with Gasteiger partial charge in [-0.15, -0.1) is 0 Å². The van der Waals surface area contributed by atoms with Gasteiger partial charge in [0.25, 0.3) is 0 Å². The van der Waals surface area contributed by atoms with Crippen molar-refractivity contribution in [2.24, 2.45) is 0 Å². The second-order valence-corrected chi connectivity index (χ2v) is 1.98. The van der Waals surface area contributed by atoms with Crippen molar-refractivity contribution in [1.29, 1.82) is 0 Å². The zero-order chi connectivity index (χ0) is 5.86. The van der Waals surface area contributed by atoms with Crippen molar-refractivity contribution >= 4 is 0 Å². The summed E-state index contributed by atoms with van der Waals surface area (Å²) in [5, 5.41) is 3.57. The fraction of sp³-hybridized carbons (Fsp3) is 1.00. The van der Waals surface area contributed by atoms with Crippen molar-refractivity contribution in [2.75, 3.05) is 27.7 Å². The van der Waals surface area contributed by atoms with Gasteiger partial charge >= 0.3 is 0 Å². The Balaban J connectivity index is 0. The highest BCUT2D eigenvalue weighted by Crippen LogP contribution is 1.47. The molecular weight excluding hydrogens is 124 g/mol. The van der Waals surface area contributed by atoms with Crippen LogP contribution < -0.4 is 17.4 Å². The van der Waals surface area contributed by atoms with Crippen molar-refractivity contribution in [2.45, 2.75) is 6.92 Å². The SMILES string of the molecule is CC[NH+](C)N(C)C.[Cl-]. The average molecular weight is 139 g/mol. The van der Waals surface area contributed by atoms with E-state index in [0.29, 0.717) is 0 Å². The Morgan fingerprint density at radius 1 is 1.38 bits per heavy atom. The third kappa shape index (κ3) is 4.37. The van der Waals surface area contributed by atoms with Gasteiger partial charge in [-0.1, -0.05) is 0 Å². The summed E-state index contributed by atoms with van der Waals surface area (Å²) in [6, 6.07) is 0. The lowest BCUT2D eigenvalue weighted by Crippen LogP contribution is -3.14. The van der Waals surface area contributed by atoms with Crippen molar-refractivity contribution in [3.63, 3.8) is 0 Å². The molecule has 0 aromatic carbocycles. The molecule has 0 saturated carbocycles. The maximum atomic E-state index is 2.16. The molecule has 0 aromatic heterocycles. The lowest BCUT2D eigenvalue weighted by Gasteiger charge is -2.17. The molecule has 0 radical (unpaired) electrons. The summed E-state index contributed by atoms with van der Waals surface area (Å²) in [7, 11) is 6.28. The van der Waals surface area contributed by atoms with Gasteiger partial charge in [-0.3, -0.25) is 5.01 Å². The van der Waals surface area contributed by atoms with Crippen LogP contribution in [0.15, 0.2) is 0 Å². The van der Waals surface area contributed by atoms with Crippen LogP contribution in [0.4, 0.5) is 0 Å². The number of halogens is 1. The molecule has 1 atom stereocenters. The van der Waals surface area contributed by atoms with Gasteiger partial charge in [-0.05, 0) is 6.92 Å². The van der Waals surface area contributed by atoms with E-state index in [1.54, 1.807) is 0 Å². The summed E-state index contributed by atoms with van der Waals surface area (Å²) in [5.41, 5.74) is 0. The van der Waals surface area contributed by atoms with E-state index in [-0.39, 0.29) is 12.4 Å². The van der Waals surface area contributed by atoms with E-state index in [4.69, 9.17) is 0 Å². The molecule has 0 aromatic rings. The zero-order valence-corrected chi connectivity index (χ0v) is 6.79. The Morgan fingerprint density at radius 3 is 1.75 bits per heavy atom. The first-order valence-electron chi connectivity index (χ1n) is 2.68. The molecule has 0 aliphatic rings. The molecule has 52 valence electrons. The highest BCUT2D eigenvalue weighted by molar-refractivity contribution is 4.03. The Labute approximate surface area is 57.8 Å². The second-order valence-electron chi connectivity index (χ2n) is 1.98. The summed E-state index contributed by atoms with van der Waals surface area (Å²) < 4.78 is 0. The summed E-state index contributed by atoms with van der Waals surface area (Å²) >= 11 is 0. The number of rotatable bonds is 2. The van der Waals surface area contributed by atoms with Crippen molar-refractivity contribution < 1.29 is 17.4 Å². The Morgan fingerprint density at radius 2 is 1.75 bits per heavy atom. The van der Waals surface area contributed by atoms with Gasteiger partial charge in [0, 0.05) is 14.1 Å². The maximum Gasteiger partial charge on any atom is 0.0916 e. The first-order valence-corrected chi connectivity index (χ1v) is 2.68. The molecule has 0 aliphatic heterocycles. The molecular formula is C5H15ClN2. The van der Waals surface area contributed by atoms with Gasteiger partial charge in [0.15, 0.2) is 0 Å². The van der Waals surface area contributed by atoms with Gasteiger partial charge < -0.3 is 12.4 Å². The summed E-state index contributed by atoms with van der Waals surface area (Å²) in [4.78, 5) is 0. The van der Waals surface area contributed by atoms with Crippen LogP contribution in [0.2, 0.25) is 0 Å². The minimum atomic E-state index is 0. The zero-order valence-electron chi connectivity index (χ0n) is 6.03. The number of nitrogens with one attached hydrogen (secondary N) is 1. The lowest BCUT2D eigenvalue weighted by atomic mass is 10.7. The van der Waals surface area contributed by atoms with Gasteiger partial charge in [-0.25, -0.2) is 0 Å². The highest BCUT2D eigenvalue weighted by Gasteiger charge is 1.95. The van der Waals surface area contributed by atoms with E-state index in [0.717, 1.165) is 6.54 Å². The summed E-state index contributed by atoms with van der Waals surface area (Å²) in [6.07, 6.45) is 0. The van der Waals surface area contributed by atoms with Crippen LogP contribution in [-0.4, -0.2) is 32.7 Å². The molecule has 3 heteroatoms. The van der Waals surface area contributed by atoms with E-state index in [2.05, 4.69) is 33.1 Å². The molecule has 0 amide bonds. The van der Waals surface area contributed by atoms with Crippen LogP contribution in [-0.2, 0) is 0 Å². The van der Waals surface area contributed by atoms with Crippen LogP contribution in [0, 0.1) is 0 Å². The Hall–Kier alpha value is 0.210. The van der Waals surface area contributed by atoms with E-state index in [1.165, 1.54) is 5.01 Å². The van der Waals surface area contributed by atoms with Crippen molar-refractivity contribution in [3.05, 3.63) is 0 Å². The largest absolute Gasteiger partial charge is 1.00 e. The lowest BCUT2D eigenvalue weighted by molar-refractivity contribution is -0.991. The van der Waals surface area contributed by atoms with E-state index in [1.807, 2.05) is 0 Å². The molecule has 0 aliphatic carbocycles. The Bertz CT molecular complexity index is 47.7. The monoisotopic (exact) mass is 138 g/mol. The topological polar surface area (TPSA) is 7.68 Å². The molecule has 0 spiro atoms. The van der Waals surface area contributed by atoms with Crippen LogP contribution in [0.1, 0.15) is 6.92 Å². The normalized spacial score (nSPS) is 13.1. The predicted molar refractivity (Wildman–Crippen MR) is 31.1 cm³/mol. The maximum absolute atomic E-state index is 2.16. The van der Waals surface area contributed by atoms with Crippen molar-refractivity contribution in [1.82, 2.24) is 5.01 Å². The van der Waals surface area contributed by atoms with Gasteiger partial charge in [0.05, 0.1) is 13.6 Å². The fourth-order valence-corrected chi connectivity index (χ4v) is 0.316. The highest BCUT2D eigenvalue weighted by atomic mass is 35.5. The molecule has 0 bridgehead atoms. The van der Waals surface area contributed by atoms with Crippen molar-refractivity contribution in [3.8, 4) is 0 Å². The number of nitrogens with zero attached hydrogens (tertiary/aromatic N) is 1. The standard InChI is InChI=1S/C5H14N2.ClH/c1-5-7(4)6(2)3;/h5H2,1-4H3;1H. The van der Waals surface area contributed by atoms with Gasteiger partial charge in [0.1, 0.15) is 0 Å². The Kier molecular flexibility index (Phi) is 7.40. The minimum Gasteiger partial charge on any atom is -1.00 e. The molecule has 8 heavy (non-hydrogen) atoms. The predicted octanol–water partition coefficient (Wildman–Crippen LogP) is -4.00. The van der Waals surface area contributed by atoms with E-state index in [9.17, 15) is 0 Å². The molecule has 2 nitrogen and oxygen atoms in total. The van der Waals surface area contributed by atoms with E-state index >= 15 is 0 Å². The first kappa shape index (κ1) is 11.1. The number of hydrogen-bond acceptors (Lipinski definition) is 1. The van der Waals surface area contributed by atoms with Gasteiger partial charge in [0.2, 0.25) is 0 Å². The minimum absolute atomic E-state index is 0. The summed E-state index contributed by atoms with van der Waals surface area (Å²) in [5.74, 6) is 0. The number of quaternary nitrogens is 1. The molecule has 1 N–H and O–H groups in total. The molecule has 1 unspecified atom stereocenters. The van der Waals surface area contributed by atoms with Crippen LogP contribution >= 0.6 is 0 Å². The number of hydrogen-bond donors (Lipinski definition) is 1. The average Bonchev–Trinajstić information content (AvgIpc) is 1.65. The smallest absolute Gasteiger partial charge is 0.0916 e. The molecule has 0 fully saturated rings. The first-order chi connectivity index (χ1) is 3.18. The molecule has 0 rings (SSSR count). The van der Waals surface area contributed by atoms with Crippen LogP contribution in [0.25, 0.3) is 0 Å². The van der Waals surface area contributed by atoms with E-state index < -0.39 is 0 Å². The quantitative estimate of drug-likeness (QED) is 0.383. The third-order valence-corrected chi connectivity index (χ3v) is 1.28. The third-order valence-electron chi connectivity index (χ3n) is 1.28. The molecule has 0 heterocycles. The fourth-order valence-electron chi connectivity index (χ4n) is 0.316. The summed E-state index contributed by atoms with van der Waals surface area (Å²) in [6.45, 7) is 3.32. The second kappa shape index (κ2) is 5.35. The van der Waals surface area contributed by atoms with Crippen LogP contribution in [0.5, 0.6) is 0 Å². The van der Waals surface area contributed by atoms with Gasteiger partial charge in [-0.2, -0.15) is 5.01 Å². The molecule has 0 saturated heterocycles.